The van der Waals surface area contributed by atoms with E-state index in [0.717, 1.165) is 37.9 Å². The maximum absolute atomic E-state index is 11.7. The highest BCUT2D eigenvalue weighted by molar-refractivity contribution is 5.73. The monoisotopic (exact) mass is 298 g/mol. The number of nitrogens with one attached hydrogen (secondary N) is 1. The third kappa shape index (κ3) is 4.43. The number of carbonyl (C=O) groups is 2. The van der Waals surface area contributed by atoms with Crippen molar-refractivity contribution in [1.82, 2.24) is 10.2 Å². The summed E-state index contributed by atoms with van der Waals surface area (Å²) in [4.78, 5) is 24.6. The van der Waals surface area contributed by atoms with Crippen LogP contribution in [0.1, 0.15) is 53.4 Å². The normalized spacial score (nSPS) is 26.0. The van der Waals surface area contributed by atoms with Gasteiger partial charge in [-0.2, -0.15) is 0 Å². The van der Waals surface area contributed by atoms with Crippen molar-refractivity contribution < 1.29 is 14.7 Å². The second-order valence-corrected chi connectivity index (χ2v) is 7.28. The van der Waals surface area contributed by atoms with E-state index in [9.17, 15) is 14.7 Å². The Labute approximate surface area is 128 Å². The molecule has 0 heterocycles. The predicted molar refractivity (Wildman–Crippen MR) is 83.4 cm³/mol. The lowest BCUT2D eigenvalue weighted by Crippen LogP contribution is -2.61. The molecule has 5 heteroatoms. The topological polar surface area (TPSA) is 69.6 Å². The summed E-state index contributed by atoms with van der Waals surface area (Å²) in [6.45, 7) is 7.73. The minimum Gasteiger partial charge on any atom is -0.465 e. The molecule has 5 nitrogen and oxygen atoms in total. The van der Waals surface area contributed by atoms with Gasteiger partial charge < -0.3 is 15.2 Å². The van der Waals surface area contributed by atoms with E-state index >= 15 is 0 Å². The number of carbonyl (C=O) groups excluding carboxylic acids is 1. The van der Waals surface area contributed by atoms with E-state index in [1.165, 1.54) is 4.90 Å². The summed E-state index contributed by atoms with van der Waals surface area (Å²) < 4.78 is 0. The van der Waals surface area contributed by atoms with Crippen LogP contribution in [0.15, 0.2) is 0 Å². The molecule has 0 aromatic heterocycles. The van der Waals surface area contributed by atoms with Crippen LogP contribution in [0.5, 0.6) is 0 Å². The Balaban J connectivity index is 2.98. The molecular formula is C16H30N2O3. The molecule has 0 radical (unpaired) electrons. The maximum Gasteiger partial charge on any atom is 0.408 e. The second-order valence-electron chi connectivity index (χ2n) is 7.28. The molecule has 2 atom stereocenters. The first kappa shape index (κ1) is 18.0. The van der Waals surface area contributed by atoms with Crippen LogP contribution < -0.4 is 5.32 Å². The van der Waals surface area contributed by atoms with Gasteiger partial charge in [0, 0.05) is 11.6 Å². The van der Waals surface area contributed by atoms with Gasteiger partial charge in [0.25, 0.3) is 0 Å². The van der Waals surface area contributed by atoms with Crippen LogP contribution in [-0.2, 0) is 4.79 Å². The zero-order valence-corrected chi connectivity index (χ0v) is 13.9. The molecule has 1 aliphatic carbocycles. The highest BCUT2D eigenvalue weighted by atomic mass is 16.4. The number of carboxylic acid groups (broad SMARTS) is 1. The van der Waals surface area contributed by atoms with Crippen molar-refractivity contribution in [3.63, 3.8) is 0 Å². The molecule has 0 bridgehead atoms. The van der Waals surface area contributed by atoms with Crippen LogP contribution in [0.4, 0.5) is 4.79 Å². The zero-order valence-electron chi connectivity index (χ0n) is 13.9. The number of hydrogen-bond acceptors (Lipinski definition) is 3. The van der Waals surface area contributed by atoms with Crippen molar-refractivity contribution in [3.05, 3.63) is 0 Å². The van der Waals surface area contributed by atoms with E-state index in [1.807, 2.05) is 27.8 Å². The highest BCUT2D eigenvalue weighted by Crippen LogP contribution is 2.33. The Morgan fingerprint density at radius 3 is 2.14 bits per heavy atom. The molecule has 1 fully saturated rings. The van der Waals surface area contributed by atoms with E-state index in [1.54, 1.807) is 0 Å². The molecule has 2 unspecified atom stereocenters. The number of hydrogen-bond donors (Lipinski definition) is 2. The summed E-state index contributed by atoms with van der Waals surface area (Å²) in [7, 11) is 1.82. The van der Waals surface area contributed by atoms with Gasteiger partial charge in [-0.3, -0.25) is 4.90 Å². The number of amides is 1. The molecule has 0 aromatic rings. The summed E-state index contributed by atoms with van der Waals surface area (Å²) in [5.74, 6) is 1.08. The van der Waals surface area contributed by atoms with E-state index in [-0.39, 0.29) is 6.04 Å². The average molecular weight is 298 g/mol. The lowest BCUT2D eigenvalue weighted by molar-refractivity contribution is -0.115. The van der Waals surface area contributed by atoms with Crippen molar-refractivity contribution in [2.45, 2.75) is 71.0 Å². The van der Waals surface area contributed by atoms with Crippen LogP contribution in [0.25, 0.3) is 0 Å². The van der Waals surface area contributed by atoms with Crippen molar-refractivity contribution in [2.75, 3.05) is 7.05 Å². The third-order valence-corrected chi connectivity index (χ3v) is 4.64. The Morgan fingerprint density at radius 2 is 1.81 bits per heavy atom. The molecule has 0 aliphatic heterocycles. The van der Waals surface area contributed by atoms with Gasteiger partial charge in [-0.05, 0) is 52.5 Å². The predicted octanol–water partition coefficient (Wildman–Crippen LogP) is 2.75. The van der Waals surface area contributed by atoms with E-state index in [2.05, 4.69) is 12.2 Å². The third-order valence-electron chi connectivity index (χ3n) is 4.64. The highest BCUT2D eigenvalue weighted by Gasteiger charge is 2.40. The molecule has 1 saturated carbocycles. The van der Waals surface area contributed by atoms with Crippen LogP contribution in [0, 0.1) is 11.8 Å². The molecule has 21 heavy (non-hydrogen) atoms. The first-order valence-electron chi connectivity index (χ1n) is 7.87. The Hall–Kier alpha value is -1.10. The van der Waals surface area contributed by atoms with Crippen molar-refractivity contribution in [2.24, 2.45) is 11.8 Å². The SMILES string of the molecule is CNC(C1CCC(C)CC1)C(C=O)N(C(=O)O)C(C)(C)C. The van der Waals surface area contributed by atoms with Gasteiger partial charge in [0.05, 0.1) is 0 Å². The first-order chi connectivity index (χ1) is 9.72. The van der Waals surface area contributed by atoms with Crippen LogP contribution in [0.3, 0.4) is 0 Å². The van der Waals surface area contributed by atoms with E-state index < -0.39 is 17.7 Å². The molecule has 2 N–H and O–H groups in total. The van der Waals surface area contributed by atoms with Gasteiger partial charge in [-0.15, -0.1) is 0 Å². The Morgan fingerprint density at radius 1 is 1.29 bits per heavy atom. The summed E-state index contributed by atoms with van der Waals surface area (Å²) in [5, 5.41) is 12.7. The van der Waals surface area contributed by atoms with Crippen LogP contribution in [-0.4, -0.2) is 47.1 Å². The maximum atomic E-state index is 11.7. The fourth-order valence-corrected chi connectivity index (χ4v) is 3.50. The Kier molecular flexibility index (Phi) is 6.20. The van der Waals surface area contributed by atoms with Crippen LogP contribution in [0.2, 0.25) is 0 Å². The van der Waals surface area contributed by atoms with Gasteiger partial charge in [-0.1, -0.05) is 19.8 Å². The standard InChI is InChI=1S/C16H30N2O3/c1-11-6-8-12(9-7-11)14(17-5)13(10-19)18(15(20)21)16(2,3)4/h10-14,17H,6-9H2,1-5H3,(H,20,21). The van der Waals surface area contributed by atoms with E-state index in [4.69, 9.17) is 0 Å². The van der Waals surface area contributed by atoms with Gasteiger partial charge >= 0.3 is 6.09 Å². The largest absolute Gasteiger partial charge is 0.465 e. The number of nitrogens with zero attached hydrogens (tertiary/aromatic N) is 1. The van der Waals surface area contributed by atoms with Gasteiger partial charge in [0.2, 0.25) is 0 Å². The fraction of sp³-hybridized carbons (Fsp3) is 0.875. The minimum absolute atomic E-state index is 0.120. The summed E-state index contributed by atoms with van der Waals surface area (Å²) >= 11 is 0. The van der Waals surface area contributed by atoms with E-state index in [0.29, 0.717) is 5.92 Å². The summed E-state index contributed by atoms with van der Waals surface area (Å²) in [5.41, 5.74) is -0.603. The lowest BCUT2D eigenvalue weighted by Gasteiger charge is -2.43. The van der Waals surface area contributed by atoms with Crippen molar-refractivity contribution >= 4 is 12.4 Å². The molecule has 1 aliphatic rings. The van der Waals surface area contributed by atoms with Gasteiger partial charge in [0.1, 0.15) is 12.3 Å². The zero-order chi connectivity index (χ0) is 16.2. The molecule has 1 amide bonds. The molecule has 1 rings (SSSR count). The number of rotatable bonds is 5. The van der Waals surface area contributed by atoms with Crippen molar-refractivity contribution in [1.29, 1.82) is 0 Å². The summed E-state index contributed by atoms with van der Waals surface area (Å²) in [6.07, 6.45) is 4.15. The fourth-order valence-electron chi connectivity index (χ4n) is 3.50. The second kappa shape index (κ2) is 7.25. The first-order valence-corrected chi connectivity index (χ1v) is 7.87. The van der Waals surface area contributed by atoms with Crippen LogP contribution >= 0.6 is 0 Å². The number of likely N-dealkylation sites (N-methyl/N-ethyl adjacent to an activating group) is 1. The summed E-state index contributed by atoms with van der Waals surface area (Å²) in [6, 6.07) is -0.767. The number of aldehydes is 1. The van der Waals surface area contributed by atoms with Gasteiger partial charge in [-0.25, -0.2) is 4.79 Å². The van der Waals surface area contributed by atoms with Gasteiger partial charge in [0.15, 0.2) is 0 Å². The molecule has 122 valence electrons. The molecular weight excluding hydrogens is 268 g/mol. The quantitative estimate of drug-likeness (QED) is 0.766. The molecule has 0 spiro atoms. The lowest BCUT2D eigenvalue weighted by atomic mass is 9.77. The minimum atomic E-state index is -1.04. The van der Waals surface area contributed by atoms with Crippen molar-refractivity contribution in [3.8, 4) is 0 Å². The Bertz CT molecular complexity index is 357. The molecule has 0 aromatic carbocycles. The molecule has 0 saturated heterocycles. The smallest absolute Gasteiger partial charge is 0.408 e. The average Bonchev–Trinajstić information content (AvgIpc) is 2.38.